The number of hydrogen-bond acceptors (Lipinski definition) is 3. The first-order valence-electron chi connectivity index (χ1n) is 6.23. The van der Waals surface area contributed by atoms with E-state index in [2.05, 4.69) is 15.6 Å². The molecule has 0 aromatic carbocycles. The van der Waals surface area contributed by atoms with Gasteiger partial charge >= 0.3 is 0 Å². The topological polar surface area (TPSA) is 54.0 Å². The molecule has 1 unspecified atom stereocenters. The summed E-state index contributed by atoms with van der Waals surface area (Å²) in [6, 6.07) is 4.38. The first-order chi connectivity index (χ1) is 8.34. The van der Waals surface area contributed by atoms with Crippen LogP contribution in [0.2, 0.25) is 0 Å². The van der Waals surface area contributed by atoms with Gasteiger partial charge in [-0.15, -0.1) is 24.8 Å². The molecule has 0 radical (unpaired) electrons. The monoisotopic (exact) mass is 305 g/mol. The molecule has 1 aromatic heterocycles. The van der Waals surface area contributed by atoms with Gasteiger partial charge in [0.2, 0.25) is 5.91 Å². The molecule has 1 amide bonds. The van der Waals surface area contributed by atoms with Gasteiger partial charge in [0.15, 0.2) is 0 Å². The van der Waals surface area contributed by atoms with Crippen LogP contribution in [0, 0.1) is 0 Å². The summed E-state index contributed by atoms with van der Waals surface area (Å²) in [6.07, 6.45) is 7.50. The van der Waals surface area contributed by atoms with Crippen LogP contribution in [0.15, 0.2) is 24.5 Å². The van der Waals surface area contributed by atoms with Gasteiger partial charge < -0.3 is 10.6 Å². The van der Waals surface area contributed by atoms with Crippen LogP contribution in [0.25, 0.3) is 0 Å². The Bertz CT molecular complexity index is 356. The van der Waals surface area contributed by atoms with E-state index in [9.17, 15) is 4.79 Å². The minimum absolute atomic E-state index is 0. The first kappa shape index (κ1) is 18.2. The van der Waals surface area contributed by atoms with Crippen molar-refractivity contribution >= 4 is 30.7 Å². The summed E-state index contributed by atoms with van der Waals surface area (Å²) in [5.41, 5.74) is 1.04. The van der Waals surface area contributed by atoms with Gasteiger partial charge in [0.1, 0.15) is 0 Å². The lowest BCUT2D eigenvalue weighted by Gasteiger charge is -2.09. The zero-order valence-electron chi connectivity index (χ0n) is 10.8. The van der Waals surface area contributed by atoms with Crippen LogP contribution in [0.1, 0.15) is 31.2 Å². The molecule has 6 heteroatoms. The van der Waals surface area contributed by atoms with Crippen molar-refractivity contribution < 1.29 is 4.79 Å². The van der Waals surface area contributed by atoms with Crippen LogP contribution in [-0.4, -0.2) is 23.5 Å². The van der Waals surface area contributed by atoms with Gasteiger partial charge in [-0.05, 0) is 37.4 Å². The summed E-state index contributed by atoms with van der Waals surface area (Å²) in [5, 5.41) is 6.31. The third-order valence-corrected chi connectivity index (χ3v) is 3.09. The lowest BCUT2D eigenvalue weighted by molar-refractivity contribution is -0.121. The van der Waals surface area contributed by atoms with E-state index in [1.165, 1.54) is 12.8 Å². The maximum atomic E-state index is 11.6. The van der Waals surface area contributed by atoms with Gasteiger partial charge in [-0.2, -0.15) is 0 Å². The van der Waals surface area contributed by atoms with E-state index in [0.29, 0.717) is 19.0 Å². The van der Waals surface area contributed by atoms with Crippen LogP contribution in [0.4, 0.5) is 0 Å². The molecule has 2 N–H and O–H groups in total. The first-order valence-corrected chi connectivity index (χ1v) is 6.23. The summed E-state index contributed by atoms with van der Waals surface area (Å²) < 4.78 is 0. The molecule has 0 bridgehead atoms. The van der Waals surface area contributed by atoms with Crippen molar-refractivity contribution in [1.82, 2.24) is 15.6 Å². The number of rotatable bonds is 5. The highest BCUT2D eigenvalue weighted by molar-refractivity contribution is 5.85. The second-order valence-corrected chi connectivity index (χ2v) is 4.47. The fraction of sp³-hybridized carbons (Fsp3) is 0.538. The van der Waals surface area contributed by atoms with E-state index < -0.39 is 0 Å². The number of nitrogens with one attached hydrogen (secondary N) is 2. The average molecular weight is 306 g/mol. The molecule has 2 heterocycles. The molecule has 1 aromatic rings. The van der Waals surface area contributed by atoms with Crippen LogP contribution >= 0.6 is 24.8 Å². The fourth-order valence-electron chi connectivity index (χ4n) is 2.10. The zero-order chi connectivity index (χ0) is 11.9. The van der Waals surface area contributed by atoms with E-state index in [1.54, 1.807) is 12.4 Å². The SMILES string of the molecule is Cl.Cl.O=C(CCC1CCCN1)NCc1cccnc1. The normalized spacial score (nSPS) is 17.2. The highest BCUT2D eigenvalue weighted by Gasteiger charge is 2.14. The molecule has 19 heavy (non-hydrogen) atoms. The summed E-state index contributed by atoms with van der Waals surface area (Å²) in [4.78, 5) is 15.6. The number of amides is 1. The summed E-state index contributed by atoms with van der Waals surface area (Å²) in [5.74, 6) is 0.127. The average Bonchev–Trinajstić information content (AvgIpc) is 2.88. The number of carbonyl (C=O) groups is 1. The Labute approximate surface area is 126 Å². The molecule has 4 nitrogen and oxygen atoms in total. The fourth-order valence-corrected chi connectivity index (χ4v) is 2.10. The van der Waals surface area contributed by atoms with Crippen LogP contribution in [-0.2, 0) is 11.3 Å². The number of nitrogens with zero attached hydrogens (tertiary/aromatic N) is 1. The molecule has 2 rings (SSSR count). The summed E-state index contributed by atoms with van der Waals surface area (Å²) in [7, 11) is 0. The minimum Gasteiger partial charge on any atom is -0.352 e. The second-order valence-electron chi connectivity index (χ2n) is 4.47. The standard InChI is InChI=1S/C13H19N3O.2ClH/c17-13(6-5-12-4-2-8-15-12)16-10-11-3-1-7-14-9-11;;/h1,3,7,9,12,15H,2,4-6,8,10H2,(H,16,17);2*1H. The zero-order valence-corrected chi connectivity index (χ0v) is 12.4. The summed E-state index contributed by atoms with van der Waals surface area (Å²) >= 11 is 0. The van der Waals surface area contributed by atoms with Gasteiger partial charge in [-0.1, -0.05) is 6.07 Å². The Morgan fingerprint density at radius 1 is 1.47 bits per heavy atom. The number of hydrogen-bond donors (Lipinski definition) is 2. The number of aromatic nitrogens is 1. The Hall–Kier alpha value is -0.840. The highest BCUT2D eigenvalue weighted by Crippen LogP contribution is 2.10. The highest BCUT2D eigenvalue weighted by atomic mass is 35.5. The molecule has 1 saturated heterocycles. The Morgan fingerprint density at radius 3 is 2.95 bits per heavy atom. The van der Waals surface area contributed by atoms with E-state index in [0.717, 1.165) is 18.5 Å². The second kappa shape index (κ2) is 10.0. The van der Waals surface area contributed by atoms with Crippen molar-refractivity contribution in [2.75, 3.05) is 6.54 Å². The Kier molecular flexibility index (Phi) is 9.57. The molecule has 1 atom stereocenters. The van der Waals surface area contributed by atoms with Crippen LogP contribution < -0.4 is 10.6 Å². The van der Waals surface area contributed by atoms with Gasteiger partial charge in [0, 0.05) is 31.4 Å². The molecule has 0 aliphatic carbocycles. The van der Waals surface area contributed by atoms with Gasteiger partial charge in [-0.25, -0.2) is 0 Å². The van der Waals surface area contributed by atoms with Crippen LogP contribution in [0.3, 0.4) is 0 Å². The molecule has 108 valence electrons. The van der Waals surface area contributed by atoms with Gasteiger partial charge in [0.05, 0.1) is 0 Å². The number of carbonyl (C=O) groups excluding carboxylic acids is 1. The third kappa shape index (κ3) is 6.76. The van der Waals surface area contributed by atoms with E-state index >= 15 is 0 Å². The molecule has 1 aliphatic rings. The van der Waals surface area contributed by atoms with Crippen molar-refractivity contribution in [1.29, 1.82) is 0 Å². The van der Waals surface area contributed by atoms with Gasteiger partial charge in [0.25, 0.3) is 0 Å². The third-order valence-electron chi connectivity index (χ3n) is 3.09. The predicted molar refractivity (Wildman–Crippen MR) is 80.8 cm³/mol. The lowest BCUT2D eigenvalue weighted by atomic mass is 10.1. The Balaban J connectivity index is 0.00000162. The molecule has 1 aliphatic heterocycles. The molecular formula is C13H21Cl2N3O. The maximum absolute atomic E-state index is 11.6. The lowest BCUT2D eigenvalue weighted by Crippen LogP contribution is -2.27. The van der Waals surface area contributed by atoms with Crippen molar-refractivity contribution in [2.45, 2.75) is 38.3 Å². The predicted octanol–water partition coefficient (Wildman–Crippen LogP) is 2.07. The molecule has 1 fully saturated rings. The van der Waals surface area contributed by atoms with Crippen molar-refractivity contribution in [3.05, 3.63) is 30.1 Å². The smallest absolute Gasteiger partial charge is 0.220 e. The van der Waals surface area contributed by atoms with Crippen molar-refractivity contribution in [3.8, 4) is 0 Å². The Morgan fingerprint density at radius 2 is 2.32 bits per heavy atom. The molecule has 0 saturated carbocycles. The number of pyridine rings is 1. The maximum Gasteiger partial charge on any atom is 0.220 e. The number of halogens is 2. The van der Waals surface area contributed by atoms with Crippen molar-refractivity contribution in [2.24, 2.45) is 0 Å². The van der Waals surface area contributed by atoms with Crippen LogP contribution in [0.5, 0.6) is 0 Å². The molecular weight excluding hydrogens is 285 g/mol. The summed E-state index contributed by atoms with van der Waals surface area (Å²) in [6.45, 7) is 1.67. The van der Waals surface area contributed by atoms with Gasteiger partial charge in [-0.3, -0.25) is 9.78 Å². The minimum atomic E-state index is 0. The quantitative estimate of drug-likeness (QED) is 0.875. The largest absolute Gasteiger partial charge is 0.352 e. The molecule has 0 spiro atoms. The van der Waals surface area contributed by atoms with E-state index in [4.69, 9.17) is 0 Å². The van der Waals surface area contributed by atoms with E-state index in [-0.39, 0.29) is 30.7 Å². The van der Waals surface area contributed by atoms with Crippen molar-refractivity contribution in [3.63, 3.8) is 0 Å². The van der Waals surface area contributed by atoms with E-state index in [1.807, 2.05) is 12.1 Å².